The van der Waals surface area contributed by atoms with Gasteiger partial charge >= 0.3 is 0 Å². The Balaban J connectivity index is 2.96. The quantitative estimate of drug-likeness (QED) is 0.805. The maximum Gasteiger partial charge on any atom is 0.137 e. The number of rotatable bonds is 4. The highest BCUT2D eigenvalue weighted by Gasteiger charge is 2.13. The van der Waals surface area contributed by atoms with Gasteiger partial charge < -0.3 is 15.6 Å². The van der Waals surface area contributed by atoms with Crippen molar-refractivity contribution in [3.63, 3.8) is 0 Å². The molecule has 78 valence electrons. The van der Waals surface area contributed by atoms with Crippen LogP contribution in [0.3, 0.4) is 0 Å². The van der Waals surface area contributed by atoms with Crippen LogP contribution < -0.4 is 10.5 Å². The Kier molecular flexibility index (Phi) is 4.20. The average molecular weight is 216 g/mol. The van der Waals surface area contributed by atoms with Gasteiger partial charge in [-0.05, 0) is 19.0 Å². The molecule has 0 radical (unpaired) electrons. The summed E-state index contributed by atoms with van der Waals surface area (Å²) in [6.07, 6.45) is -0.130. The first-order chi connectivity index (χ1) is 6.70. The summed E-state index contributed by atoms with van der Waals surface area (Å²) in [5.74, 6) is 0.570. The zero-order chi connectivity index (χ0) is 10.6. The van der Waals surface area contributed by atoms with Crippen LogP contribution in [-0.4, -0.2) is 18.8 Å². The zero-order valence-corrected chi connectivity index (χ0v) is 8.79. The van der Waals surface area contributed by atoms with Crippen LogP contribution in [0.5, 0.6) is 5.75 Å². The number of methoxy groups -OCH3 is 1. The molecule has 0 aliphatic carbocycles. The van der Waals surface area contributed by atoms with Crippen LogP contribution in [0.2, 0.25) is 5.02 Å². The third kappa shape index (κ3) is 2.38. The first kappa shape index (κ1) is 11.3. The van der Waals surface area contributed by atoms with Gasteiger partial charge in [-0.15, -0.1) is 0 Å². The minimum absolute atomic E-state index is 0.425. The molecule has 0 heterocycles. The Bertz CT molecular complexity index is 304. The molecule has 1 aromatic rings. The molecule has 0 spiro atoms. The summed E-state index contributed by atoms with van der Waals surface area (Å²) in [5.41, 5.74) is 6.02. The van der Waals surface area contributed by atoms with Crippen LogP contribution in [0.1, 0.15) is 18.1 Å². The van der Waals surface area contributed by atoms with E-state index in [4.69, 9.17) is 22.1 Å². The van der Waals surface area contributed by atoms with Crippen LogP contribution in [-0.2, 0) is 0 Å². The predicted octanol–water partition coefficient (Wildman–Crippen LogP) is 1.73. The van der Waals surface area contributed by atoms with Crippen molar-refractivity contribution in [3.8, 4) is 5.75 Å². The van der Waals surface area contributed by atoms with Crippen LogP contribution in [0.25, 0.3) is 0 Å². The van der Waals surface area contributed by atoms with Crippen molar-refractivity contribution in [2.24, 2.45) is 5.73 Å². The first-order valence-electron chi connectivity index (χ1n) is 4.41. The van der Waals surface area contributed by atoms with Gasteiger partial charge in [0.1, 0.15) is 5.75 Å². The lowest BCUT2D eigenvalue weighted by molar-refractivity contribution is 0.170. The highest BCUT2D eigenvalue weighted by Crippen LogP contribution is 2.32. The average Bonchev–Trinajstić information content (AvgIpc) is 2.18. The summed E-state index contributed by atoms with van der Waals surface area (Å²) in [6, 6.07) is 5.31. The van der Waals surface area contributed by atoms with Gasteiger partial charge in [0.05, 0.1) is 18.2 Å². The molecule has 0 fully saturated rings. The zero-order valence-electron chi connectivity index (χ0n) is 8.03. The van der Waals surface area contributed by atoms with Gasteiger partial charge in [0.15, 0.2) is 0 Å². The van der Waals surface area contributed by atoms with E-state index in [1.165, 1.54) is 0 Å². The van der Waals surface area contributed by atoms with Crippen LogP contribution in [0.15, 0.2) is 18.2 Å². The summed E-state index contributed by atoms with van der Waals surface area (Å²) < 4.78 is 5.04. The molecular weight excluding hydrogens is 202 g/mol. The fourth-order valence-corrected chi connectivity index (χ4v) is 1.59. The Morgan fingerprint density at radius 2 is 2.29 bits per heavy atom. The lowest BCUT2D eigenvalue weighted by atomic mass is 10.1. The molecule has 4 heteroatoms. The number of nitrogens with two attached hydrogens (primary N) is 1. The van der Waals surface area contributed by atoms with E-state index in [0.717, 1.165) is 0 Å². The van der Waals surface area contributed by atoms with E-state index in [1.54, 1.807) is 25.3 Å². The minimum atomic E-state index is -0.623. The standard InChI is InChI=1S/C10H14ClNO2/c1-14-9-4-2-3-7(10(9)11)8(13)5-6-12/h2-4,8,13H,5-6,12H2,1H3. The topological polar surface area (TPSA) is 55.5 Å². The molecule has 1 aromatic carbocycles. The van der Waals surface area contributed by atoms with E-state index in [-0.39, 0.29) is 0 Å². The molecule has 1 rings (SSSR count). The van der Waals surface area contributed by atoms with Gasteiger partial charge in [0, 0.05) is 5.56 Å². The predicted molar refractivity (Wildman–Crippen MR) is 56.6 cm³/mol. The van der Waals surface area contributed by atoms with Gasteiger partial charge in [-0.25, -0.2) is 0 Å². The summed E-state index contributed by atoms with van der Waals surface area (Å²) in [4.78, 5) is 0. The van der Waals surface area contributed by atoms with Crippen molar-refractivity contribution in [1.29, 1.82) is 0 Å². The number of aliphatic hydroxyl groups is 1. The number of aliphatic hydroxyl groups excluding tert-OH is 1. The van der Waals surface area contributed by atoms with Crippen LogP contribution in [0, 0.1) is 0 Å². The van der Waals surface area contributed by atoms with E-state index >= 15 is 0 Å². The van der Waals surface area contributed by atoms with Crippen molar-refractivity contribution in [2.75, 3.05) is 13.7 Å². The molecule has 0 saturated heterocycles. The first-order valence-corrected chi connectivity index (χ1v) is 4.79. The highest BCUT2D eigenvalue weighted by molar-refractivity contribution is 6.32. The maximum atomic E-state index is 9.70. The van der Waals surface area contributed by atoms with Gasteiger partial charge in [0.25, 0.3) is 0 Å². The molecule has 0 amide bonds. The van der Waals surface area contributed by atoms with Crippen molar-refractivity contribution in [1.82, 2.24) is 0 Å². The second-order valence-electron chi connectivity index (χ2n) is 2.96. The molecule has 0 bridgehead atoms. The lowest BCUT2D eigenvalue weighted by Gasteiger charge is -2.13. The molecule has 0 aliphatic heterocycles. The Morgan fingerprint density at radius 3 is 2.86 bits per heavy atom. The molecule has 1 unspecified atom stereocenters. The van der Waals surface area contributed by atoms with Crippen molar-refractivity contribution in [3.05, 3.63) is 28.8 Å². The largest absolute Gasteiger partial charge is 0.495 e. The Labute approximate surface area is 88.4 Å². The fourth-order valence-electron chi connectivity index (χ4n) is 1.26. The number of hydrogen-bond donors (Lipinski definition) is 2. The SMILES string of the molecule is COc1cccc(C(O)CCN)c1Cl. The van der Waals surface area contributed by atoms with Gasteiger partial charge in [-0.1, -0.05) is 23.7 Å². The third-order valence-electron chi connectivity index (χ3n) is 2.01. The molecule has 3 nitrogen and oxygen atoms in total. The fraction of sp³-hybridized carbons (Fsp3) is 0.400. The van der Waals surface area contributed by atoms with E-state index in [1.807, 2.05) is 0 Å². The van der Waals surface area contributed by atoms with Crippen LogP contribution in [0.4, 0.5) is 0 Å². The number of hydrogen-bond acceptors (Lipinski definition) is 3. The molecule has 0 aliphatic rings. The number of halogens is 1. The Hall–Kier alpha value is -0.770. The van der Waals surface area contributed by atoms with E-state index in [0.29, 0.717) is 29.3 Å². The molecular formula is C10H14ClNO2. The smallest absolute Gasteiger partial charge is 0.137 e. The normalized spacial score (nSPS) is 12.6. The molecule has 14 heavy (non-hydrogen) atoms. The lowest BCUT2D eigenvalue weighted by Crippen LogP contribution is -2.07. The third-order valence-corrected chi connectivity index (χ3v) is 2.42. The van der Waals surface area contributed by atoms with Gasteiger partial charge in [-0.3, -0.25) is 0 Å². The molecule has 3 N–H and O–H groups in total. The maximum absolute atomic E-state index is 9.70. The van der Waals surface area contributed by atoms with Crippen molar-refractivity contribution < 1.29 is 9.84 Å². The van der Waals surface area contributed by atoms with E-state index in [9.17, 15) is 5.11 Å². The minimum Gasteiger partial charge on any atom is -0.495 e. The van der Waals surface area contributed by atoms with Gasteiger partial charge in [0.2, 0.25) is 0 Å². The van der Waals surface area contributed by atoms with E-state index in [2.05, 4.69) is 0 Å². The second-order valence-corrected chi connectivity index (χ2v) is 3.33. The second kappa shape index (κ2) is 5.20. The highest BCUT2D eigenvalue weighted by atomic mass is 35.5. The number of ether oxygens (including phenoxy) is 1. The van der Waals surface area contributed by atoms with Gasteiger partial charge in [-0.2, -0.15) is 0 Å². The molecule has 0 saturated carbocycles. The Morgan fingerprint density at radius 1 is 1.57 bits per heavy atom. The monoisotopic (exact) mass is 215 g/mol. The number of benzene rings is 1. The summed E-state index contributed by atoms with van der Waals surface area (Å²) in [6.45, 7) is 0.425. The molecule has 1 atom stereocenters. The van der Waals surface area contributed by atoms with Crippen LogP contribution >= 0.6 is 11.6 Å². The summed E-state index contributed by atoms with van der Waals surface area (Å²) in [7, 11) is 1.54. The van der Waals surface area contributed by atoms with Crippen molar-refractivity contribution in [2.45, 2.75) is 12.5 Å². The summed E-state index contributed by atoms with van der Waals surface area (Å²) >= 11 is 6.01. The summed E-state index contributed by atoms with van der Waals surface area (Å²) in [5, 5.41) is 10.2. The van der Waals surface area contributed by atoms with E-state index < -0.39 is 6.10 Å². The van der Waals surface area contributed by atoms with Crippen molar-refractivity contribution >= 4 is 11.6 Å². The molecule has 0 aromatic heterocycles.